The van der Waals surface area contributed by atoms with Crippen LogP contribution in [0, 0.1) is 34.3 Å². The Bertz CT molecular complexity index is 1260. The fraction of sp³-hybridized carbons (Fsp3) is 0.467. The van der Waals surface area contributed by atoms with E-state index in [1.165, 1.54) is 0 Å². The quantitative estimate of drug-likeness (QED) is 0.442. The highest BCUT2D eigenvalue weighted by atomic mass is 19.1. The minimum atomic E-state index is -0.566. The fourth-order valence-electron chi connectivity index (χ4n) is 5.25. The van der Waals surface area contributed by atoms with Crippen molar-refractivity contribution < 1.29 is 18.3 Å². The van der Waals surface area contributed by atoms with Gasteiger partial charge in [0.1, 0.15) is 23.8 Å². The monoisotopic (exact) mass is 522 g/mol. The standard InChI is InChI=1S/C15H19FN2O.C15H17FN2O/c2*1-9(2)13-14(16)11(8-17)7-12(15(13)18)10-3-5-19-6-4-10/h7,9-10H,3-6,18H2,1-2H3;7,10H,1,3-6,18H2,2H3. The van der Waals surface area contributed by atoms with Crippen molar-refractivity contribution >= 4 is 16.9 Å². The van der Waals surface area contributed by atoms with E-state index < -0.39 is 11.6 Å². The van der Waals surface area contributed by atoms with Crippen LogP contribution in [-0.4, -0.2) is 26.4 Å². The first-order valence-corrected chi connectivity index (χ1v) is 13.0. The Kier molecular flexibility index (Phi) is 9.85. The molecule has 2 aliphatic heterocycles. The van der Waals surface area contributed by atoms with E-state index in [1.54, 1.807) is 19.1 Å². The van der Waals surface area contributed by atoms with E-state index in [0.717, 1.165) is 36.8 Å². The minimum Gasteiger partial charge on any atom is -0.398 e. The lowest BCUT2D eigenvalue weighted by atomic mass is 9.85. The number of halogens is 2. The summed E-state index contributed by atoms with van der Waals surface area (Å²) < 4.78 is 39.0. The van der Waals surface area contributed by atoms with Crippen molar-refractivity contribution in [2.45, 2.75) is 64.2 Å². The molecule has 0 aromatic heterocycles. The second-order valence-electron chi connectivity index (χ2n) is 10.2. The molecule has 4 rings (SSSR count). The van der Waals surface area contributed by atoms with E-state index >= 15 is 0 Å². The molecule has 0 aliphatic carbocycles. The van der Waals surface area contributed by atoms with Gasteiger partial charge in [-0.3, -0.25) is 0 Å². The summed E-state index contributed by atoms with van der Waals surface area (Å²) in [4.78, 5) is 0. The summed E-state index contributed by atoms with van der Waals surface area (Å²) in [6.45, 7) is 12.0. The van der Waals surface area contributed by atoms with Crippen molar-refractivity contribution in [3.63, 3.8) is 0 Å². The molecular formula is C30H36F2N4O2. The van der Waals surface area contributed by atoms with Gasteiger partial charge < -0.3 is 20.9 Å². The molecule has 2 heterocycles. The summed E-state index contributed by atoms with van der Waals surface area (Å²) >= 11 is 0. The van der Waals surface area contributed by atoms with Crippen LogP contribution in [0.1, 0.15) is 97.6 Å². The molecule has 0 spiro atoms. The molecular weight excluding hydrogens is 486 g/mol. The Morgan fingerprint density at radius 2 is 1.29 bits per heavy atom. The first kappa shape index (κ1) is 29.1. The van der Waals surface area contributed by atoms with Gasteiger partial charge in [0.25, 0.3) is 0 Å². The molecule has 38 heavy (non-hydrogen) atoms. The van der Waals surface area contributed by atoms with E-state index in [0.29, 0.717) is 48.9 Å². The summed E-state index contributed by atoms with van der Waals surface area (Å²) in [6.07, 6.45) is 3.43. The van der Waals surface area contributed by atoms with Gasteiger partial charge in [-0.2, -0.15) is 10.5 Å². The van der Waals surface area contributed by atoms with Crippen molar-refractivity contribution in [1.82, 2.24) is 0 Å². The number of nitrogens with zero attached hydrogens (tertiary/aromatic N) is 2. The van der Waals surface area contributed by atoms with Crippen LogP contribution >= 0.6 is 0 Å². The predicted octanol–water partition coefficient (Wildman–Crippen LogP) is 6.50. The highest BCUT2D eigenvalue weighted by Crippen LogP contribution is 2.39. The second-order valence-corrected chi connectivity index (χ2v) is 10.2. The summed E-state index contributed by atoms with van der Waals surface area (Å²) in [5.74, 6) is -0.584. The van der Waals surface area contributed by atoms with Crippen LogP contribution in [0.5, 0.6) is 0 Å². The molecule has 0 radical (unpaired) electrons. The molecule has 4 N–H and O–H groups in total. The molecule has 0 bridgehead atoms. The Morgan fingerprint density at radius 1 is 0.868 bits per heavy atom. The maximum Gasteiger partial charge on any atom is 0.150 e. The molecule has 2 saturated heterocycles. The van der Waals surface area contributed by atoms with Crippen LogP contribution in [0.15, 0.2) is 18.7 Å². The van der Waals surface area contributed by atoms with Crippen LogP contribution in [0.2, 0.25) is 0 Å². The third-order valence-corrected chi connectivity index (χ3v) is 7.28. The number of allylic oxidation sites excluding steroid dienone is 1. The average Bonchev–Trinajstić information content (AvgIpc) is 2.90. The Balaban J connectivity index is 0.000000211. The topological polar surface area (TPSA) is 118 Å². The zero-order chi connectivity index (χ0) is 28.0. The number of rotatable bonds is 4. The maximum atomic E-state index is 14.2. The average molecular weight is 523 g/mol. The third kappa shape index (κ3) is 6.15. The Morgan fingerprint density at radius 3 is 1.68 bits per heavy atom. The number of hydrogen-bond acceptors (Lipinski definition) is 6. The lowest BCUT2D eigenvalue weighted by Crippen LogP contribution is -2.17. The van der Waals surface area contributed by atoms with E-state index in [2.05, 4.69) is 6.58 Å². The highest BCUT2D eigenvalue weighted by Gasteiger charge is 2.25. The van der Waals surface area contributed by atoms with Crippen molar-refractivity contribution in [2.75, 3.05) is 37.9 Å². The van der Waals surface area contributed by atoms with Crippen LogP contribution in [0.3, 0.4) is 0 Å². The fourth-order valence-corrected chi connectivity index (χ4v) is 5.25. The number of hydrogen-bond donors (Lipinski definition) is 2. The van der Waals surface area contributed by atoms with Gasteiger partial charge in [0.05, 0.1) is 11.1 Å². The molecule has 0 amide bonds. The molecule has 2 aromatic rings. The summed E-state index contributed by atoms with van der Waals surface area (Å²) in [5.41, 5.74) is 16.3. The number of ether oxygens (including phenoxy) is 2. The smallest absolute Gasteiger partial charge is 0.150 e. The van der Waals surface area contributed by atoms with Gasteiger partial charge >= 0.3 is 0 Å². The summed E-state index contributed by atoms with van der Waals surface area (Å²) in [6, 6.07) is 7.02. The zero-order valence-electron chi connectivity index (χ0n) is 22.4. The summed E-state index contributed by atoms with van der Waals surface area (Å²) in [5, 5.41) is 18.1. The van der Waals surface area contributed by atoms with Crippen LogP contribution < -0.4 is 11.5 Å². The number of benzene rings is 2. The number of nitrogens with two attached hydrogens (primary N) is 2. The maximum absolute atomic E-state index is 14.2. The highest BCUT2D eigenvalue weighted by molar-refractivity contribution is 5.77. The zero-order valence-corrected chi connectivity index (χ0v) is 22.4. The van der Waals surface area contributed by atoms with Crippen LogP contribution in [0.4, 0.5) is 20.2 Å². The van der Waals surface area contributed by atoms with Crippen LogP contribution in [-0.2, 0) is 9.47 Å². The number of nitrogen functional groups attached to an aromatic ring is 2. The Hall–Kier alpha value is -3.46. The lowest BCUT2D eigenvalue weighted by Gasteiger charge is -2.26. The van der Waals surface area contributed by atoms with Gasteiger partial charge in [-0.25, -0.2) is 8.78 Å². The summed E-state index contributed by atoms with van der Waals surface area (Å²) in [7, 11) is 0. The second kappa shape index (κ2) is 12.9. The van der Waals surface area contributed by atoms with Crippen molar-refractivity contribution in [3.05, 3.63) is 63.7 Å². The SMILES string of the molecule is C=C(C)c1c(N)c(C2CCOCC2)cc(C#N)c1F.CC(C)c1c(N)c(C2CCOCC2)cc(C#N)c1F. The number of anilines is 2. The van der Waals surface area contributed by atoms with E-state index in [1.807, 2.05) is 26.0 Å². The van der Waals surface area contributed by atoms with Crippen molar-refractivity contribution in [3.8, 4) is 12.1 Å². The van der Waals surface area contributed by atoms with Crippen LogP contribution in [0.25, 0.3) is 5.57 Å². The molecule has 202 valence electrons. The van der Waals surface area contributed by atoms with Gasteiger partial charge in [0, 0.05) is 48.9 Å². The molecule has 2 fully saturated rings. The Labute approximate surface area is 223 Å². The lowest BCUT2D eigenvalue weighted by molar-refractivity contribution is 0.0853. The molecule has 2 aromatic carbocycles. The largest absolute Gasteiger partial charge is 0.398 e. The number of nitriles is 2. The molecule has 0 atom stereocenters. The normalized spacial score (nSPS) is 16.3. The van der Waals surface area contributed by atoms with Crippen molar-refractivity contribution in [2.24, 2.45) is 0 Å². The van der Waals surface area contributed by atoms with Gasteiger partial charge in [-0.15, -0.1) is 0 Å². The molecule has 6 nitrogen and oxygen atoms in total. The van der Waals surface area contributed by atoms with E-state index in [4.69, 9.17) is 31.5 Å². The van der Waals surface area contributed by atoms with E-state index in [-0.39, 0.29) is 34.4 Å². The first-order valence-electron chi connectivity index (χ1n) is 13.0. The molecule has 2 aliphatic rings. The minimum absolute atomic E-state index is 0.0353. The third-order valence-electron chi connectivity index (χ3n) is 7.28. The molecule has 8 heteroatoms. The molecule has 0 saturated carbocycles. The van der Waals surface area contributed by atoms with Gasteiger partial charge in [0.15, 0.2) is 0 Å². The predicted molar refractivity (Wildman–Crippen MR) is 145 cm³/mol. The van der Waals surface area contributed by atoms with E-state index in [9.17, 15) is 8.78 Å². The van der Waals surface area contributed by atoms with Crippen molar-refractivity contribution in [1.29, 1.82) is 10.5 Å². The van der Waals surface area contributed by atoms with Gasteiger partial charge in [-0.1, -0.05) is 20.4 Å². The first-order chi connectivity index (χ1) is 18.1. The van der Waals surface area contributed by atoms with Gasteiger partial charge in [0.2, 0.25) is 0 Å². The molecule has 0 unspecified atom stereocenters. The van der Waals surface area contributed by atoms with Gasteiger partial charge in [-0.05, 0) is 79.2 Å².